The lowest BCUT2D eigenvalue weighted by atomic mass is 10.2. The number of hydrogen-bond acceptors (Lipinski definition) is 5. The van der Waals surface area contributed by atoms with E-state index >= 15 is 0 Å². The number of para-hydroxylation sites is 1. The maximum Gasteiger partial charge on any atom is 0.262 e. The number of methoxy groups -OCH3 is 1. The van der Waals surface area contributed by atoms with Gasteiger partial charge in [0.05, 0.1) is 18.6 Å². The Morgan fingerprint density at radius 3 is 2.38 bits per heavy atom. The molecule has 2 amide bonds. The summed E-state index contributed by atoms with van der Waals surface area (Å²) in [5, 5.41) is 6.21. The van der Waals surface area contributed by atoms with E-state index in [1.54, 1.807) is 36.4 Å². The highest BCUT2D eigenvalue weighted by atomic mass is 35.5. The van der Waals surface area contributed by atoms with Gasteiger partial charge in [-0.1, -0.05) is 29.8 Å². The Labute approximate surface area is 196 Å². The molecule has 0 saturated heterocycles. The minimum absolute atomic E-state index is 0.0751. The van der Waals surface area contributed by atoms with E-state index < -0.39 is 0 Å². The van der Waals surface area contributed by atoms with Crippen LogP contribution in [-0.4, -0.2) is 31.3 Å². The number of thioether (sulfide) groups is 1. The van der Waals surface area contributed by atoms with Crippen LogP contribution in [0.3, 0.4) is 0 Å². The average Bonchev–Trinajstić information content (AvgIpc) is 2.80. The standard InChI is InChI=1S/C24H23ClN2O4S/c1-16-12-21(22(30-2)13-20(16)25)27-24(29)15-32-19-10-8-17(9-11-19)26-23(28)14-31-18-6-4-3-5-7-18/h3-13H,14-15H2,1-2H3,(H,26,28)(H,27,29). The maximum atomic E-state index is 12.4. The Bertz CT molecular complexity index is 1080. The highest BCUT2D eigenvalue weighted by molar-refractivity contribution is 8.00. The minimum Gasteiger partial charge on any atom is -0.495 e. The molecule has 8 heteroatoms. The molecule has 3 aromatic rings. The third-order valence-corrected chi connectivity index (χ3v) is 5.80. The summed E-state index contributed by atoms with van der Waals surface area (Å²) < 4.78 is 10.7. The molecule has 3 aromatic carbocycles. The number of aryl methyl sites for hydroxylation is 1. The first-order chi connectivity index (χ1) is 15.4. The summed E-state index contributed by atoms with van der Waals surface area (Å²) in [7, 11) is 1.53. The smallest absolute Gasteiger partial charge is 0.262 e. The summed E-state index contributed by atoms with van der Waals surface area (Å²) in [6, 6.07) is 19.9. The lowest BCUT2D eigenvalue weighted by Gasteiger charge is -2.12. The van der Waals surface area contributed by atoms with Crippen LogP contribution in [0, 0.1) is 6.92 Å². The van der Waals surface area contributed by atoms with E-state index in [4.69, 9.17) is 21.1 Å². The zero-order valence-corrected chi connectivity index (χ0v) is 19.3. The number of anilines is 2. The minimum atomic E-state index is -0.249. The largest absolute Gasteiger partial charge is 0.495 e. The molecule has 166 valence electrons. The van der Waals surface area contributed by atoms with Crippen LogP contribution in [0.15, 0.2) is 71.6 Å². The lowest BCUT2D eigenvalue weighted by Crippen LogP contribution is -2.20. The first-order valence-electron chi connectivity index (χ1n) is 9.79. The predicted molar refractivity (Wildman–Crippen MR) is 129 cm³/mol. The third-order valence-electron chi connectivity index (χ3n) is 4.38. The molecule has 0 radical (unpaired) electrons. The van der Waals surface area contributed by atoms with E-state index in [2.05, 4.69) is 10.6 Å². The topological polar surface area (TPSA) is 76.7 Å². The van der Waals surface area contributed by atoms with Crippen molar-refractivity contribution in [3.8, 4) is 11.5 Å². The van der Waals surface area contributed by atoms with Gasteiger partial charge in [-0.05, 0) is 55.0 Å². The number of carbonyl (C=O) groups is 2. The molecule has 0 spiro atoms. The molecule has 0 aliphatic heterocycles. The van der Waals surface area contributed by atoms with E-state index in [1.807, 2.05) is 37.3 Å². The van der Waals surface area contributed by atoms with Gasteiger partial charge in [-0.2, -0.15) is 0 Å². The van der Waals surface area contributed by atoms with Gasteiger partial charge in [-0.25, -0.2) is 0 Å². The van der Waals surface area contributed by atoms with Crippen LogP contribution >= 0.6 is 23.4 Å². The third kappa shape index (κ3) is 6.93. The average molecular weight is 471 g/mol. The number of ether oxygens (including phenoxy) is 2. The molecule has 0 heterocycles. The van der Waals surface area contributed by atoms with Gasteiger partial charge in [0, 0.05) is 21.7 Å². The SMILES string of the molecule is COc1cc(Cl)c(C)cc1NC(=O)CSc1ccc(NC(=O)COc2ccccc2)cc1. The van der Waals surface area contributed by atoms with Crippen molar-refractivity contribution < 1.29 is 19.1 Å². The van der Waals surface area contributed by atoms with Crippen LogP contribution in [0.5, 0.6) is 11.5 Å². The second kappa shape index (κ2) is 11.5. The van der Waals surface area contributed by atoms with Crippen molar-refractivity contribution >= 4 is 46.6 Å². The first kappa shape index (κ1) is 23.5. The van der Waals surface area contributed by atoms with Crippen LogP contribution in [0.25, 0.3) is 0 Å². The van der Waals surface area contributed by atoms with Crippen molar-refractivity contribution in [2.24, 2.45) is 0 Å². The zero-order valence-electron chi connectivity index (χ0n) is 17.7. The van der Waals surface area contributed by atoms with E-state index in [0.29, 0.717) is 27.9 Å². The molecule has 0 unspecified atom stereocenters. The van der Waals surface area contributed by atoms with Crippen LogP contribution in [0.4, 0.5) is 11.4 Å². The Hall–Kier alpha value is -3.16. The number of hydrogen-bond donors (Lipinski definition) is 2. The van der Waals surface area contributed by atoms with Gasteiger partial charge >= 0.3 is 0 Å². The summed E-state index contributed by atoms with van der Waals surface area (Å²) in [5.74, 6) is 0.960. The number of nitrogens with one attached hydrogen (secondary N) is 2. The molecule has 32 heavy (non-hydrogen) atoms. The molecule has 0 fully saturated rings. The van der Waals surface area contributed by atoms with Gasteiger partial charge in [-0.15, -0.1) is 11.8 Å². The van der Waals surface area contributed by atoms with Gasteiger partial charge < -0.3 is 20.1 Å². The van der Waals surface area contributed by atoms with Gasteiger partial charge in [0.2, 0.25) is 5.91 Å². The van der Waals surface area contributed by atoms with Gasteiger partial charge in [0.15, 0.2) is 6.61 Å². The monoisotopic (exact) mass is 470 g/mol. The predicted octanol–water partition coefficient (Wildman–Crippen LogP) is 5.41. The second-order valence-corrected chi connectivity index (χ2v) is 8.27. The normalized spacial score (nSPS) is 10.3. The van der Waals surface area contributed by atoms with E-state index in [9.17, 15) is 9.59 Å². The van der Waals surface area contributed by atoms with Gasteiger partial charge in [0.25, 0.3) is 5.91 Å². The molecular weight excluding hydrogens is 448 g/mol. The van der Waals surface area contributed by atoms with E-state index in [0.717, 1.165) is 10.5 Å². The first-order valence-corrected chi connectivity index (χ1v) is 11.2. The molecule has 6 nitrogen and oxygen atoms in total. The maximum absolute atomic E-state index is 12.4. The molecule has 0 atom stereocenters. The number of benzene rings is 3. The molecule has 0 bridgehead atoms. The van der Waals surface area contributed by atoms with E-state index in [1.165, 1.54) is 18.9 Å². The fourth-order valence-electron chi connectivity index (χ4n) is 2.76. The summed E-state index contributed by atoms with van der Waals surface area (Å²) in [6.07, 6.45) is 0. The lowest BCUT2D eigenvalue weighted by molar-refractivity contribution is -0.118. The van der Waals surface area contributed by atoms with Crippen molar-refractivity contribution in [1.29, 1.82) is 0 Å². The Morgan fingerprint density at radius 2 is 1.69 bits per heavy atom. The molecular formula is C24H23ClN2O4S. The van der Waals surface area contributed by atoms with Crippen molar-refractivity contribution in [3.63, 3.8) is 0 Å². The van der Waals surface area contributed by atoms with Crippen molar-refractivity contribution in [2.45, 2.75) is 11.8 Å². The Kier molecular flexibility index (Phi) is 8.41. The van der Waals surface area contributed by atoms with Crippen molar-refractivity contribution in [3.05, 3.63) is 77.3 Å². The van der Waals surface area contributed by atoms with Crippen LogP contribution in [0.1, 0.15) is 5.56 Å². The van der Waals surface area contributed by atoms with Crippen LogP contribution in [0.2, 0.25) is 5.02 Å². The zero-order chi connectivity index (χ0) is 22.9. The summed E-state index contributed by atoms with van der Waals surface area (Å²) in [5.41, 5.74) is 2.08. The molecule has 3 rings (SSSR count). The Morgan fingerprint density at radius 1 is 0.969 bits per heavy atom. The quantitative estimate of drug-likeness (QED) is 0.409. The van der Waals surface area contributed by atoms with Gasteiger partial charge in [0.1, 0.15) is 11.5 Å². The summed E-state index contributed by atoms with van der Waals surface area (Å²) in [6.45, 7) is 1.79. The van der Waals surface area contributed by atoms with Gasteiger partial charge in [-0.3, -0.25) is 9.59 Å². The highest BCUT2D eigenvalue weighted by Crippen LogP contribution is 2.31. The van der Waals surface area contributed by atoms with E-state index in [-0.39, 0.29) is 24.2 Å². The second-order valence-electron chi connectivity index (χ2n) is 6.81. The van der Waals surface area contributed by atoms with Crippen LogP contribution in [-0.2, 0) is 9.59 Å². The fourth-order valence-corrected chi connectivity index (χ4v) is 3.61. The molecule has 0 saturated carbocycles. The molecule has 0 aliphatic rings. The summed E-state index contributed by atoms with van der Waals surface area (Å²) >= 11 is 7.49. The summed E-state index contributed by atoms with van der Waals surface area (Å²) in [4.78, 5) is 25.3. The molecule has 0 aromatic heterocycles. The Balaban J connectivity index is 1.47. The van der Waals surface area contributed by atoms with Crippen molar-refractivity contribution in [2.75, 3.05) is 30.1 Å². The molecule has 2 N–H and O–H groups in total. The van der Waals surface area contributed by atoms with Crippen molar-refractivity contribution in [1.82, 2.24) is 0 Å². The highest BCUT2D eigenvalue weighted by Gasteiger charge is 2.11. The molecule has 0 aliphatic carbocycles. The number of amides is 2. The fraction of sp³-hybridized carbons (Fsp3) is 0.167. The number of rotatable bonds is 9. The number of halogens is 1. The number of carbonyl (C=O) groups excluding carboxylic acids is 2. The van der Waals surface area contributed by atoms with Crippen LogP contribution < -0.4 is 20.1 Å².